The molecule has 1 amide bonds. The standard InChI is InChI=1S/C10H19N3O3.C8H18O4S/c1-5-13(15-3,16-4)10(14)8-12-7-6-11(2)9-12;1-2-3-4-5-6-7-8-12-13(9,10)11/h6-7,9H,5,8H2,1-4H3;2-8H2,1H3,(H,9,10,11)/q+2;. The smallest absolute Gasteiger partial charge is 0.264 e. The second-order valence-corrected chi connectivity index (χ2v) is 7.61. The van der Waals surface area contributed by atoms with E-state index in [1.165, 1.54) is 33.5 Å². The van der Waals surface area contributed by atoms with E-state index in [9.17, 15) is 13.2 Å². The number of carbonyl (C=O) groups excluding carboxylic acids is 1. The van der Waals surface area contributed by atoms with Crippen LogP contribution in [0.1, 0.15) is 52.4 Å². The van der Waals surface area contributed by atoms with Crippen LogP contribution in [0.4, 0.5) is 0 Å². The van der Waals surface area contributed by atoms with Crippen molar-refractivity contribution in [3.05, 3.63) is 18.7 Å². The van der Waals surface area contributed by atoms with Crippen LogP contribution in [0.25, 0.3) is 0 Å². The molecule has 0 unspecified atom stereocenters. The molecule has 1 rings (SSSR count). The number of rotatable bonds is 13. The number of hydrogen-bond acceptors (Lipinski definition) is 6. The number of amides is 1. The average molecular weight is 440 g/mol. The van der Waals surface area contributed by atoms with E-state index in [2.05, 4.69) is 11.1 Å². The van der Waals surface area contributed by atoms with Gasteiger partial charge in [0.1, 0.15) is 33.2 Å². The number of hydrogen-bond donors (Lipinski definition) is 1. The Balaban J connectivity index is 0.000000555. The lowest BCUT2D eigenvalue weighted by molar-refractivity contribution is -1.19. The first kappa shape index (κ1) is 27.6. The minimum absolute atomic E-state index is 0.0883. The number of nitrogens with zero attached hydrogens (tertiary/aromatic N) is 3. The largest absolute Gasteiger partial charge is 0.420 e. The SMILES string of the molecule is CCCCCCCCOS(=O)(=O)O.CC[N+](OC)(OC)C(=O)Cn1cc[n+](C)c1. The van der Waals surface area contributed by atoms with Crippen molar-refractivity contribution in [3.63, 3.8) is 0 Å². The normalized spacial score (nSPS) is 11.8. The topological polar surface area (TPSA) is 108 Å². The van der Waals surface area contributed by atoms with Crippen molar-refractivity contribution >= 4 is 16.3 Å². The first-order valence-electron chi connectivity index (χ1n) is 9.79. The number of imidazole rings is 1. The van der Waals surface area contributed by atoms with E-state index in [1.54, 1.807) is 4.57 Å². The van der Waals surface area contributed by atoms with Gasteiger partial charge in [-0.3, -0.25) is 4.55 Å². The van der Waals surface area contributed by atoms with Crippen molar-refractivity contribution in [1.29, 1.82) is 0 Å². The summed E-state index contributed by atoms with van der Waals surface area (Å²) in [6.07, 6.45) is 11.9. The quantitative estimate of drug-likeness (QED) is 0.165. The number of unbranched alkanes of at least 4 members (excludes halogenated alkanes) is 5. The second kappa shape index (κ2) is 14.6. The van der Waals surface area contributed by atoms with Gasteiger partial charge in [0.15, 0.2) is 0 Å². The lowest BCUT2D eigenvalue weighted by atomic mass is 10.1. The third kappa shape index (κ3) is 12.0. The van der Waals surface area contributed by atoms with Crippen LogP contribution >= 0.6 is 0 Å². The van der Waals surface area contributed by atoms with Crippen LogP contribution in [0, 0.1) is 0 Å². The Kier molecular flexibility index (Phi) is 13.9. The summed E-state index contributed by atoms with van der Waals surface area (Å²) < 4.78 is 36.2. The maximum atomic E-state index is 12.0. The highest BCUT2D eigenvalue weighted by Crippen LogP contribution is 2.09. The maximum Gasteiger partial charge on any atom is 0.420 e. The van der Waals surface area contributed by atoms with Gasteiger partial charge in [0.05, 0.1) is 13.7 Å². The van der Waals surface area contributed by atoms with E-state index < -0.39 is 15.2 Å². The molecule has 0 bridgehead atoms. The number of aryl methyl sites for hydroxylation is 1. The monoisotopic (exact) mass is 439 g/mol. The molecule has 29 heavy (non-hydrogen) atoms. The molecule has 10 nitrogen and oxygen atoms in total. The summed E-state index contributed by atoms with van der Waals surface area (Å²) in [6.45, 7) is 4.71. The highest BCUT2D eigenvalue weighted by molar-refractivity contribution is 7.80. The van der Waals surface area contributed by atoms with Gasteiger partial charge in [-0.1, -0.05) is 39.0 Å². The number of hydroxylamine groups is 4. The fourth-order valence-electron chi connectivity index (χ4n) is 2.62. The van der Waals surface area contributed by atoms with Gasteiger partial charge >= 0.3 is 16.3 Å². The summed E-state index contributed by atoms with van der Waals surface area (Å²) in [6, 6.07) is 0. The molecule has 0 saturated heterocycles. The van der Waals surface area contributed by atoms with Crippen molar-refractivity contribution < 1.29 is 41.0 Å². The Morgan fingerprint density at radius 2 is 1.69 bits per heavy atom. The van der Waals surface area contributed by atoms with E-state index in [0.29, 0.717) is 13.0 Å². The zero-order chi connectivity index (χ0) is 22.3. The van der Waals surface area contributed by atoms with Crippen LogP contribution in [0.5, 0.6) is 0 Å². The Labute approximate surface area is 174 Å². The zero-order valence-electron chi connectivity index (χ0n) is 18.2. The van der Waals surface area contributed by atoms with Crippen LogP contribution < -0.4 is 4.57 Å². The summed E-state index contributed by atoms with van der Waals surface area (Å²) in [7, 11) is 0.595. The predicted molar refractivity (Wildman–Crippen MR) is 106 cm³/mol. The van der Waals surface area contributed by atoms with Crippen LogP contribution in [0.3, 0.4) is 0 Å². The molecule has 0 spiro atoms. The lowest BCUT2D eigenvalue weighted by Gasteiger charge is -2.24. The third-order valence-corrected chi connectivity index (χ3v) is 4.72. The first-order valence-corrected chi connectivity index (χ1v) is 11.2. The number of carbonyl (C=O) groups is 1. The molecule has 0 saturated carbocycles. The van der Waals surface area contributed by atoms with Gasteiger partial charge in [-0.2, -0.15) is 18.1 Å². The summed E-state index contributed by atoms with van der Waals surface area (Å²) >= 11 is 0. The van der Waals surface area contributed by atoms with Gasteiger partial charge in [0, 0.05) is 4.81 Å². The molecule has 0 fully saturated rings. The number of quaternary nitrogens is 1. The molecule has 11 heteroatoms. The van der Waals surface area contributed by atoms with Crippen LogP contribution in [0.15, 0.2) is 18.7 Å². The minimum Gasteiger partial charge on any atom is -0.264 e. The van der Waals surface area contributed by atoms with Gasteiger partial charge in [-0.05, 0) is 13.3 Å². The summed E-state index contributed by atoms with van der Waals surface area (Å²) in [5.41, 5.74) is 0. The van der Waals surface area contributed by atoms with Gasteiger partial charge in [-0.15, -0.1) is 0 Å². The number of aromatic nitrogens is 2. The Hall–Kier alpha value is -1.37. The lowest BCUT2D eigenvalue weighted by Crippen LogP contribution is -2.52. The maximum absolute atomic E-state index is 12.0. The second-order valence-electron chi connectivity index (χ2n) is 6.52. The Morgan fingerprint density at radius 3 is 2.14 bits per heavy atom. The first-order chi connectivity index (χ1) is 13.6. The average Bonchev–Trinajstić information content (AvgIpc) is 3.07. The molecule has 1 aromatic rings. The molecular weight excluding hydrogens is 402 g/mol. The number of likely N-dealkylation sites (N-methyl/N-ethyl adjacent to an activating group) is 1. The molecule has 0 aliphatic rings. The van der Waals surface area contributed by atoms with Gasteiger partial charge in [0.25, 0.3) is 0 Å². The molecule has 1 aromatic heterocycles. The van der Waals surface area contributed by atoms with E-state index >= 15 is 0 Å². The highest BCUT2D eigenvalue weighted by atomic mass is 32.3. The molecule has 0 radical (unpaired) electrons. The summed E-state index contributed by atoms with van der Waals surface area (Å²) in [5, 5.41) is 0. The highest BCUT2D eigenvalue weighted by Gasteiger charge is 2.39. The van der Waals surface area contributed by atoms with E-state index in [0.717, 1.165) is 12.8 Å². The molecule has 1 N–H and O–H groups in total. The van der Waals surface area contributed by atoms with E-state index in [-0.39, 0.29) is 19.1 Å². The zero-order valence-corrected chi connectivity index (χ0v) is 19.1. The van der Waals surface area contributed by atoms with Crippen molar-refractivity contribution in [1.82, 2.24) is 4.57 Å². The predicted octanol–water partition coefficient (Wildman–Crippen LogP) is 1.97. The third-order valence-electron chi connectivity index (χ3n) is 4.26. The molecule has 0 aromatic carbocycles. The Bertz CT molecular complexity index is 664. The molecule has 0 atom stereocenters. The molecule has 1 heterocycles. The van der Waals surface area contributed by atoms with Crippen molar-refractivity contribution in [3.8, 4) is 0 Å². The summed E-state index contributed by atoms with van der Waals surface area (Å²) in [5.74, 6) is -0.149. The van der Waals surface area contributed by atoms with Gasteiger partial charge in [-0.25, -0.2) is 18.1 Å². The summed E-state index contributed by atoms with van der Waals surface area (Å²) in [4.78, 5) is 21.8. The van der Waals surface area contributed by atoms with Crippen LogP contribution in [0.2, 0.25) is 0 Å². The molecule has 0 aliphatic carbocycles. The van der Waals surface area contributed by atoms with Gasteiger partial charge < -0.3 is 0 Å². The molecule has 170 valence electrons. The fraction of sp³-hybridized carbons (Fsp3) is 0.778. The molecule has 0 aliphatic heterocycles. The van der Waals surface area contributed by atoms with Crippen molar-refractivity contribution in [2.24, 2.45) is 7.05 Å². The van der Waals surface area contributed by atoms with Crippen molar-refractivity contribution in [2.75, 3.05) is 27.4 Å². The fourth-order valence-corrected chi connectivity index (χ4v) is 2.95. The van der Waals surface area contributed by atoms with Crippen LogP contribution in [-0.2, 0) is 42.6 Å². The van der Waals surface area contributed by atoms with Gasteiger partial charge in [0.2, 0.25) is 12.9 Å². The minimum atomic E-state index is -4.22. The van der Waals surface area contributed by atoms with Crippen LogP contribution in [-0.4, -0.2) is 55.6 Å². The van der Waals surface area contributed by atoms with E-state index in [4.69, 9.17) is 14.2 Å². The Morgan fingerprint density at radius 1 is 1.10 bits per heavy atom. The van der Waals surface area contributed by atoms with Crippen molar-refractivity contribution in [2.45, 2.75) is 58.9 Å². The molecular formula is C18H37N3O7S+2. The van der Waals surface area contributed by atoms with E-state index in [1.807, 2.05) is 37.3 Å².